The molecule has 0 N–H and O–H groups in total. The van der Waals surface area contributed by atoms with Gasteiger partial charge >= 0.3 is 0 Å². The fourth-order valence-corrected chi connectivity index (χ4v) is 2.25. The van der Waals surface area contributed by atoms with E-state index >= 15 is 0 Å². The van der Waals surface area contributed by atoms with Crippen LogP contribution in [0.3, 0.4) is 0 Å². The van der Waals surface area contributed by atoms with Gasteiger partial charge in [0.15, 0.2) is 0 Å². The van der Waals surface area contributed by atoms with Gasteiger partial charge in [-0.15, -0.1) is 0 Å². The molecule has 0 spiro atoms. The molecule has 18 heavy (non-hydrogen) atoms. The van der Waals surface area contributed by atoms with Crippen molar-refractivity contribution >= 4 is 0 Å². The summed E-state index contributed by atoms with van der Waals surface area (Å²) >= 11 is 0. The molecular weight excluding hydrogens is 333 g/mol. The van der Waals surface area contributed by atoms with E-state index in [1.165, 1.54) is 77.2 Å². The van der Waals surface area contributed by atoms with E-state index in [0.717, 1.165) is 4.48 Å². The van der Waals surface area contributed by atoms with Crippen LogP contribution in [0.1, 0.15) is 77.6 Å². The molecule has 0 atom stereocenters. The first kappa shape index (κ1) is 21.0. The predicted molar refractivity (Wildman–Crippen MR) is 79.4 cm³/mol. The van der Waals surface area contributed by atoms with E-state index in [0.29, 0.717) is 0 Å². The van der Waals surface area contributed by atoms with Crippen molar-refractivity contribution < 1.29 is 28.5 Å². The Balaban J connectivity index is 0. The molecule has 0 unspecified atom stereocenters. The van der Waals surface area contributed by atoms with Crippen LogP contribution in [0.2, 0.25) is 0 Å². The average molecular weight is 369 g/mol. The average Bonchev–Trinajstić information content (AvgIpc) is 2.24. The van der Waals surface area contributed by atoms with E-state index in [1.54, 1.807) is 0 Å². The highest BCUT2D eigenvalue weighted by Crippen LogP contribution is 2.11. The van der Waals surface area contributed by atoms with Crippen molar-refractivity contribution in [3.05, 3.63) is 0 Å². The van der Waals surface area contributed by atoms with Crippen LogP contribution in [-0.2, 0) is 0 Å². The van der Waals surface area contributed by atoms with Crippen LogP contribution >= 0.6 is 0 Å². The molecule has 0 fully saturated rings. The lowest BCUT2D eigenvalue weighted by Crippen LogP contribution is -3.00. The molecule has 0 saturated carbocycles. The van der Waals surface area contributed by atoms with E-state index in [9.17, 15) is 0 Å². The van der Waals surface area contributed by atoms with Crippen molar-refractivity contribution in [3.8, 4) is 0 Å². The lowest BCUT2D eigenvalue weighted by molar-refractivity contribution is -0.870. The molecule has 0 saturated heterocycles. The first-order chi connectivity index (χ1) is 8.06. The molecule has 1 nitrogen and oxygen atoms in total. The zero-order valence-corrected chi connectivity index (χ0v) is 15.5. The van der Waals surface area contributed by atoms with Crippen molar-refractivity contribution in [2.24, 2.45) is 0 Å². The van der Waals surface area contributed by atoms with Crippen LogP contribution in [0.15, 0.2) is 0 Å². The third kappa shape index (κ3) is 19.0. The largest absolute Gasteiger partial charge is 1.00 e. The smallest absolute Gasteiger partial charge is 0.0780 e. The second-order valence-electron chi connectivity index (χ2n) is 6.55. The van der Waals surface area contributed by atoms with E-state index in [2.05, 4.69) is 28.1 Å². The molecular formula is C16H36IN. The Morgan fingerprint density at radius 2 is 0.889 bits per heavy atom. The molecule has 0 aromatic carbocycles. The quantitative estimate of drug-likeness (QED) is 0.281. The molecule has 0 aliphatic carbocycles. The molecule has 0 radical (unpaired) electrons. The van der Waals surface area contributed by atoms with Crippen molar-refractivity contribution in [1.29, 1.82) is 0 Å². The van der Waals surface area contributed by atoms with Crippen LogP contribution in [-0.4, -0.2) is 32.2 Å². The molecule has 0 aromatic heterocycles. The molecule has 0 bridgehead atoms. The molecule has 2 heteroatoms. The highest BCUT2D eigenvalue weighted by molar-refractivity contribution is 4.47. The van der Waals surface area contributed by atoms with E-state index in [1.807, 2.05) is 0 Å². The Morgan fingerprint density at radius 1 is 0.556 bits per heavy atom. The van der Waals surface area contributed by atoms with E-state index < -0.39 is 0 Å². The van der Waals surface area contributed by atoms with Gasteiger partial charge in [0.25, 0.3) is 0 Å². The first-order valence-electron chi connectivity index (χ1n) is 7.86. The number of quaternary nitrogens is 1. The summed E-state index contributed by atoms with van der Waals surface area (Å²) in [6, 6.07) is 0. The topological polar surface area (TPSA) is 0 Å². The summed E-state index contributed by atoms with van der Waals surface area (Å²) in [4.78, 5) is 0. The van der Waals surface area contributed by atoms with Crippen LogP contribution in [0.4, 0.5) is 0 Å². The van der Waals surface area contributed by atoms with Gasteiger partial charge in [-0.05, 0) is 12.8 Å². The SMILES string of the molecule is CCCCCCCCCCCCC[N+](C)(C)C.[I-]. The van der Waals surface area contributed by atoms with E-state index in [-0.39, 0.29) is 24.0 Å². The number of hydrogen-bond acceptors (Lipinski definition) is 0. The van der Waals surface area contributed by atoms with Gasteiger partial charge in [0.1, 0.15) is 0 Å². The molecule has 0 amide bonds. The van der Waals surface area contributed by atoms with Crippen molar-refractivity contribution in [2.45, 2.75) is 77.6 Å². The molecule has 0 heterocycles. The van der Waals surface area contributed by atoms with Crippen molar-refractivity contribution in [3.63, 3.8) is 0 Å². The van der Waals surface area contributed by atoms with Gasteiger partial charge in [0.05, 0.1) is 27.7 Å². The Kier molecular flexibility index (Phi) is 16.5. The third-order valence-corrected chi connectivity index (χ3v) is 3.43. The minimum atomic E-state index is 0. The van der Waals surface area contributed by atoms with Gasteiger partial charge in [0.2, 0.25) is 0 Å². The van der Waals surface area contributed by atoms with Gasteiger partial charge in [-0.25, -0.2) is 0 Å². The summed E-state index contributed by atoms with van der Waals surface area (Å²) in [7, 11) is 6.86. The number of rotatable bonds is 12. The zero-order chi connectivity index (χ0) is 13.0. The maximum atomic E-state index is 2.29. The van der Waals surface area contributed by atoms with Crippen molar-refractivity contribution in [1.82, 2.24) is 0 Å². The Labute approximate surface area is 133 Å². The van der Waals surface area contributed by atoms with Gasteiger partial charge in [-0.1, -0.05) is 64.7 Å². The van der Waals surface area contributed by atoms with Gasteiger partial charge in [0, 0.05) is 0 Å². The van der Waals surface area contributed by atoms with Gasteiger partial charge in [-0.3, -0.25) is 0 Å². The summed E-state index contributed by atoms with van der Waals surface area (Å²) in [5, 5.41) is 0. The number of nitrogens with zero attached hydrogens (tertiary/aromatic N) is 1. The lowest BCUT2D eigenvalue weighted by atomic mass is 10.1. The highest BCUT2D eigenvalue weighted by atomic mass is 127. The predicted octanol–water partition coefficient (Wildman–Crippen LogP) is 2.01. The van der Waals surface area contributed by atoms with Crippen LogP contribution in [0.5, 0.6) is 0 Å². The molecule has 112 valence electrons. The number of unbranched alkanes of at least 4 members (excludes halogenated alkanes) is 10. The minimum Gasteiger partial charge on any atom is -1.00 e. The standard InChI is InChI=1S/C16H36N.HI/c1-5-6-7-8-9-10-11-12-13-14-15-16-17(2,3)4;/h5-16H2,1-4H3;1H/q+1;/p-1. The normalized spacial score (nSPS) is 11.3. The minimum absolute atomic E-state index is 0. The second kappa shape index (κ2) is 14.1. The van der Waals surface area contributed by atoms with Gasteiger partial charge < -0.3 is 28.5 Å². The van der Waals surface area contributed by atoms with Crippen LogP contribution < -0.4 is 24.0 Å². The number of halogens is 1. The van der Waals surface area contributed by atoms with Crippen LogP contribution in [0.25, 0.3) is 0 Å². The first-order valence-corrected chi connectivity index (χ1v) is 7.86. The summed E-state index contributed by atoms with van der Waals surface area (Å²) in [6.07, 6.45) is 15.9. The molecule has 0 rings (SSSR count). The third-order valence-electron chi connectivity index (χ3n) is 3.43. The fourth-order valence-electron chi connectivity index (χ4n) is 2.25. The lowest BCUT2D eigenvalue weighted by Gasteiger charge is -2.23. The van der Waals surface area contributed by atoms with Gasteiger partial charge in [-0.2, -0.15) is 0 Å². The maximum Gasteiger partial charge on any atom is 0.0780 e. The van der Waals surface area contributed by atoms with Crippen LogP contribution in [0, 0.1) is 0 Å². The zero-order valence-electron chi connectivity index (χ0n) is 13.3. The Bertz CT molecular complexity index is 152. The summed E-state index contributed by atoms with van der Waals surface area (Å²) in [5.41, 5.74) is 0. The van der Waals surface area contributed by atoms with E-state index in [4.69, 9.17) is 0 Å². The second-order valence-corrected chi connectivity index (χ2v) is 6.55. The summed E-state index contributed by atoms with van der Waals surface area (Å²) in [5.74, 6) is 0. The summed E-state index contributed by atoms with van der Waals surface area (Å²) in [6.45, 7) is 3.62. The Morgan fingerprint density at radius 3 is 1.22 bits per heavy atom. The molecule has 0 aliphatic heterocycles. The maximum absolute atomic E-state index is 2.29. The number of hydrogen-bond donors (Lipinski definition) is 0. The monoisotopic (exact) mass is 369 g/mol. The summed E-state index contributed by atoms with van der Waals surface area (Å²) < 4.78 is 1.12. The van der Waals surface area contributed by atoms with Crippen molar-refractivity contribution in [2.75, 3.05) is 27.7 Å². The highest BCUT2D eigenvalue weighted by Gasteiger charge is 2.04. The molecule has 0 aliphatic rings. The fraction of sp³-hybridized carbons (Fsp3) is 1.00. The Hall–Kier alpha value is 0.690. The molecule has 0 aromatic rings.